The van der Waals surface area contributed by atoms with E-state index in [1.807, 2.05) is 15.9 Å². The predicted molar refractivity (Wildman–Crippen MR) is 157 cm³/mol. The smallest absolute Gasteiger partial charge is 0.317 e. The fraction of sp³-hybridized carbons (Fsp3) is 0.531. The van der Waals surface area contributed by atoms with E-state index >= 15 is 0 Å². The van der Waals surface area contributed by atoms with Gasteiger partial charge in [-0.05, 0) is 41.2 Å². The molecule has 1 N–H and O–H groups in total. The highest BCUT2D eigenvalue weighted by atomic mass is 16.2. The SMILES string of the molecule is CCCCCCN1CCC(=O)N(C)C(Cc2ccc(-c3cccc(CN(CCCC)C(=O)NC)c3)cc2)C1=O. The third-order valence-electron chi connectivity index (χ3n) is 7.63. The average Bonchev–Trinajstić information content (AvgIpc) is 3.05. The Morgan fingerprint density at radius 3 is 2.38 bits per heavy atom. The molecule has 7 nitrogen and oxygen atoms in total. The molecule has 2 aromatic carbocycles. The molecule has 1 unspecified atom stereocenters. The number of amides is 4. The first-order chi connectivity index (χ1) is 18.9. The zero-order valence-corrected chi connectivity index (χ0v) is 24.2. The van der Waals surface area contributed by atoms with Crippen LogP contribution in [0.3, 0.4) is 0 Å². The molecule has 212 valence electrons. The molecule has 0 spiro atoms. The Bertz CT molecular complexity index is 1090. The monoisotopic (exact) mass is 534 g/mol. The predicted octanol–water partition coefficient (Wildman–Crippen LogP) is 5.48. The van der Waals surface area contributed by atoms with Crippen molar-refractivity contribution < 1.29 is 14.4 Å². The molecule has 39 heavy (non-hydrogen) atoms. The van der Waals surface area contributed by atoms with Gasteiger partial charge in [0, 0.05) is 53.1 Å². The van der Waals surface area contributed by atoms with Crippen molar-refractivity contribution in [2.45, 2.75) is 77.8 Å². The molecule has 3 rings (SSSR count). The molecule has 7 heteroatoms. The van der Waals surface area contributed by atoms with Crippen LogP contribution in [0.5, 0.6) is 0 Å². The normalized spacial score (nSPS) is 15.8. The summed E-state index contributed by atoms with van der Waals surface area (Å²) in [7, 11) is 3.43. The van der Waals surface area contributed by atoms with Gasteiger partial charge in [0.15, 0.2) is 0 Å². The molecule has 0 aliphatic carbocycles. The first kappa shape index (κ1) is 30.2. The highest BCUT2D eigenvalue weighted by Crippen LogP contribution is 2.24. The van der Waals surface area contributed by atoms with Crippen molar-refractivity contribution in [2.24, 2.45) is 0 Å². The molecular weight excluding hydrogens is 488 g/mol. The Morgan fingerprint density at radius 1 is 0.949 bits per heavy atom. The van der Waals surface area contributed by atoms with Crippen LogP contribution in [-0.2, 0) is 22.6 Å². The van der Waals surface area contributed by atoms with Gasteiger partial charge in [0.05, 0.1) is 0 Å². The summed E-state index contributed by atoms with van der Waals surface area (Å²) in [6, 6.07) is 16.0. The Kier molecular flexibility index (Phi) is 11.8. The van der Waals surface area contributed by atoms with E-state index in [4.69, 9.17) is 0 Å². The van der Waals surface area contributed by atoms with Crippen molar-refractivity contribution >= 4 is 17.8 Å². The number of unbranched alkanes of at least 4 members (excludes halogenated alkanes) is 4. The van der Waals surface area contributed by atoms with Gasteiger partial charge in [0.2, 0.25) is 11.8 Å². The van der Waals surface area contributed by atoms with Crippen LogP contribution in [-0.4, -0.2) is 72.3 Å². The largest absolute Gasteiger partial charge is 0.341 e. The molecule has 1 saturated heterocycles. The highest BCUT2D eigenvalue weighted by molar-refractivity contribution is 5.90. The summed E-state index contributed by atoms with van der Waals surface area (Å²) in [5.41, 5.74) is 4.28. The second kappa shape index (κ2) is 15.3. The number of nitrogens with zero attached hydrogens (tertiary/aromatic N) is 3. The lowest BCUT2D eigenvalue weighted by molar-refractivity contribution is -0.140. The van der Waals surface area contributed by atoms with Crippen LogP contribution in [0, 0.1) is 0 Å². The summed E-state index contributed by atoms with van der Waals surface area (Å²) in [6.45, 7) is 6.82. The summed E-state index contributed by atoms with van der Waals surface area (Å²) in [5.74, 6) is 0.0861. The first-order valence-corrected chi connectivity index (χ1v) is 14.6. The molecule has 0 bridgehead atoms. The van der Waals surface area contributed by atoms with Crippen molar-refractivity contribution in [1.29, 1.82) is 0 Å². The minimum absolute atomic E-state index is 0.0302. The topological polar surface area (TPSA) is 73.0 Å². The van der Waals surface area contributed by atoms with Crippen LogP contribution >= 0.6 is 0 Å². The van der Waals surface area contributed by atoms with Crippen LogP contribution in [0.1, 0.15) is 69.9 Å². The molecule has 1 aliphatic rings. The first-order valence-electron chi connectivity index (χ1n) is 14.6. The Morgan fingerprint density at radius 2 is 1.69 bits per heavy atom. The van der Waals surface area contributed by atoms with E-state index in [0.29, 0.717) is 25.9 Å². The third-order valence-corrected chi connectivity index (χ3v) is 7.63. The number of nitrogens with one attached hydrogen (secondary N) is 1. The number of rotatable bonds is 13. The second-order valence-electron chi connectivity index (χ2n) is 10.6. The van der Waals surface area contributed by atoms with Crippen molar-refractivity contribution in [1.82, 2.24) is 20.0 Å². The Hall–Kier alpha value is -3.35. The Balaban J connectivity index is 1.70. The zero-order chi connectivity index (χ0) is 28.2. The lowest BCUT2D eigenvalue weighted by atomic mass is 9.98. The van der Waals surface area contributed by atoms with Gasteiger partial charge in [-0.15, -0.1) is 0 Å². The molecule has 4 amide bonds. The van der Waals surface area contributed by atoms with Gasteiger partial charge in [-0.1, -0.05) is 82.0 Å². The number of likely N-dealkylation sites (N-methyl/N-ethyl adjacent to an activating group) is 1. The van der Waals surface area contributed by atoms with E-state index in [1.54, 1.807) is 19.0 Å². The standard InChI is InChI=1S/C32H46N4O3/c1-5-7-9-10-20-35-21-18-30(37)34(4)29(31(35)38)23-25-14-16-27(17-15-25)28-13-11-12-26(22-28)24-36(19-8-6-2)32(39)33-3/h11-17,22,29H,5-10,18-21,23-24H2,1-4H3,(H,33,39). The van der Waals surface area contributed by atoms with Gasteiger partial charge < -0.3 is 20.0 Å². The number of hydrogen-bond acceptors (Lipinski definition) is 3. The van der Waals surface area contributed by atoms with Gasteiger partial charge in [-0.2, -0.15) is 0 Å². The summed E-state index contributed by atoms with van der Waals surface area (Å²) in [5, 5.41) is 2.75. The number of benzene rings is 2. The van der Waals surface area contributed by atoms with E-state index < -0.39 is 6.04 Å². The number of urea groups is 1. The van der Waals surface area contributed by atoms with Crippen LogP contribution < -0.4 is 5.32 Å². The fourth-order valence-electron chi connectivity index (χ4n) is 5.13. The van der Waals surface area contributed by atoms with E-state index in [1.165, 1.54) is 6.42 Å². The van der Waals surface area contributed by atoms with Gasteiger partial charge in [-0.25, -0.2) is 4.79 Å². The van der Waals surface area contributed by atoms with E-state index in [9.17, 15) is 14.4 Å². The van der Waals surface area contributed by atoms with Crippen molar-refractivity contribution in [3.8, 4) is 11.1 Å². The average molecular weight is 535 g/mol. The number of carbonyl (C=O) groups is 3. The molecule has 1 atom stereocenters. The molecule has 0 saturated carbocycles. The maximum absolute atomic E-state index is 13.4. The van der Waals surface area contributed by atoms with Crippen molar-refractivity contribution in [3.05, 3.63) is 59.7 Å². The number of hydrogen-bond donors (Lipinski definition) is 1. The maximum atomic E-state index is 13.4. The van der Waals surface area contributed by atoms with Crippen LogP contribution in [0.2, 0.25) is 0 Å². The lowest BCUT2D eigenvalue weighted by Crippen LogP contribution is -2.47. The summed E-state index contributed by atoms with van der Waals surface area (Å²) in [4.78, 5) is 43.8. The van der Waals surface area contributed by atoms with Crippen LogP contribution in [0.4, 0.5) is 4.79 Å². The molecule has 2 aromatic rings. The summed E-state index contributed by atoms with van der Waals surface area (Å²) >= 11 is 0. The number of carbonyl (C=O) groups excluding carboxylic acids is 3. The molecule has 1 fully saturated rings. The second-order valence-corrected chi connectivity index (χ2v) is 10.6. The summed E-state index contributed by atoms with van der Waals surface area (Å²) in [6.07, 6.45) is 7.32. The van der Waals surface area contributed by atoms with E-state index in [2.05, 4.69) is 61.6 Å². The minimum atomic E-state index is -0.473. The zero-order valence-electron chi connectivity index (χ0n) is 24.2. The van der Waals surface area contributed by atoms with E-state index in [-0.39, 0.29) is 17.8 Å². The van der Waals surface area contributed by atoms with Gasteiger partial charge in [0.1, 0.15) is 6.04 Å². The van der Waals surface area contributed by atoms with Gasteiger partial charge in [-0.3, -0.25) is 9.59 Å². The lowest BCUT2D eigenvalue weighted by Gasteiger charge is -2.28. The van der Waals surface area contributed by atoms with Crippen molar-refractivity contribution in [2.75, 3.05) is 33.7 Å². The van der Waals surface area contributed by atoms with Crippen LogP contribution in [0.15, 0.2) is 48.5 Å². The molecular formula is C32H46N4O3. The molecule has 0 radical (unpaired) electrons. The maximum Gasteiger partial charge on any atom is 0.317 e. The minimum Gasteiger partial charge on any atom is -0.341 e. The fourth-order valence-corrected chi connectivity index (χ4v) is 5.13. The van der Waals surface area contributed by atoms with Crippen molar-refractivity contribution in [3.63, 3.8) is 0 Å². The van der Waals surface area contributed by atoms with Crippen LogP contribution in [0.25, 0.3) is 11.1 Å². The van der Waals surface area contributed by atoms with E-state index in [0.717, 1.165) is 67.4 Å². The van der Waals surface area contributed by atoms with Gasteiger partial charge in [0.25, 0.3) is 0 Å². The Labute approximate surface area is 234 Å². The molecule has 1 heterocycles. The molecule has 0 aromatic heterocycles. The summed E-state index contributed by atoms with van der Waals surface area (Å²) < 4.78 is 0. The third kappa shape index (κ3) is 8.57. The van der Waals surface area contributed by atoms with Gasteiger partial charge >= 0.3 is 6.03 Å². The molecule has 1 aliphatic heterocycles. The highest BCUT2D eigenvalue weighted by Gasteiger charge is 2.34. The quantitative estimate of drug-likeness (QED) is 0.346.